The standard InChI is InChI=1S/C38H40F2N2O7/c1-21-14-28-27-10-8-23-16-25(43)12-13-35(23,2)37(27,40)31(44)18-36(28)20-49-38(21,36)32(45)19-48-34(47)26-17-24(39)9-11-30(26)42-33(46)29(41)15-22-6-4-3-5-7-22/h3-7,9,11-13,16-17,21,27-29,31,44H,8,10,14-15,18-20,41H2,1-2H3,(H,42,46)/t21-,27+,28?,29+,31+,35+,36-,37+,38+/m1/s1. The van der Waals surface area contributed by atoms with Crippen LogP contribution in [-0.2, 0) is 30.3 Å². The summed E-state index contributed by atoms with van der Waals surface area (Å²) in [5.74, 6) is -4.34. The van der Waals surface area contributed by atoms with Crippen molar-refractivity contribution < 1.29 is 42.5 Å². The minimum absolute atomic E-state index is 0.0245. The number of hydrogen-bond acceptors (Lipinski definition) is 8. The lowest BCUT2D eigenvalue weighted by Crippen LogP contribution is -2.76. The number of benzene rings is 2. The second-order valence-corrected chi connectivity index (χ2v) is 14.6. The van der Waals surface area contributed by atoms with Crippen LogP contribution in [0.3, 0.4) is 0 Å². The Hall–Kier alpha value is -4.06. The number of rotatable bonds is 8. The van der Waals surface area contributed by atoms with Crippen molar-refractivity contribution in [3.05, 3.63) is 89.3 Å². The number of nitrogens with two attached hydrogens (primary N) is 1. The summed E-state index contributed by atoms with van der Waals surface area (Å²) < 4.78 is 43.4. The van der Waals surface area contributed by atoms with Gasteiger partial charge >= 0.3 is 5.97 Å². The molecule has 258 valence electrons. The van der Waals surface area contributed by atoms with E-state index in [0.717, 1.165) is 17.7 Å². The molecule has 3 saturated carbocycles. The van der Waals surface area contributed by atoms with Crippen molar-refractivity contribution in [1.82, 2.24) is 0 Å². The molecule has 7 rings (SSSR count). The zero-order chi connectivity index (χ0) is 34.9. The zero-order valence-corrected chi connectivity index (χ0v) is 27.4. The highest BCUT2D eigenvalue weighted by Gasteiger charge is 2.81. The molecule has 0 aromatic heterocycles. The number of nitrogens with one attached hydrogen (secondary N) is 1. The average molecular weight is 675 g/mol. The van der Waals surface area contributed by atoms with Gasteiger partial charge in [-0.15, -0.1) is 0 Å². The molecule has 2 aromatic rings. The molecular weight excluding hydrogens is 634 g/mol. The Labute approximate surface area is 282 Å². The van der Waals surface area contributed by atoms with Gasteiger partial charge < -0.3 is 25.6 Å². The number of halogens is 2. The van der Waals surface area contributed by atoms with Crippen molar-refractivity contribution in [3.8, 4) is 0 Å². The number of carbonyl (C=O) groups excluding carboxylic acids is 4. The summed E-state index contributed by atoms with van der Waals surface area (Å²) >= 11 is 0. The molecule has 11 heteroatoms. The number of anilines is 1. The lowest BCUT2D eigenvalue weighted by Gasteiger charge is -2.67. The lowest BCUT2D eigenvalue weighted by atomic mass is 9.43. The Morgan fingerprint density at radius 3 is 2.63 bits per heavy atom. The number of allylic oxidation sites excluding steroid dienone is 4. The molecule has 4 fully saturated rings. The quantitative estimate of drug-likeness (QED) is 0.349. The summed E-state index contributed by atoms with van der Waals surface area (Å²) in [6, 6.07) is 11.4. The van der Waals surface area contributed by atoms with Crippen LogP contribution in [0.5, 0.6) is 0 Å². The molecule has 5 aliphatic rings. The Bertz CT molecular complexity index is 1800. The summed E-state index contributed by atoms with van der Waals surface area (Å²) in [5.41, 5.74) is 1.82. The maximum absolute atomic E-state index is 17.5. The van der Waals surface area contributed by atoms with Crippen LogP contribution < -0.4 is 11.1 Å². The Balaban J connectivity index is 1.08. The third-order valence-corrected chi connectivity index (χ3v) is 12.3. The van der Waals surface area contributed by atoms with E-state index >= 15 is 4.39 Å². The number of fused-ring (bicyclic) bond motifs is 4. The van der Waals surface area contributed by atoms with Gasteiger partial charge in [0.25, 0.3) is 0 Å². The van der Waals surface area contributed by atoms with E-state index in [4.69, 9.17) is 15.2 Å². The molecule has 4 N–H and O–H groups in total. The van der Waals surface area contributed by atoms with E-state index in [1.54, 1.807) is 13.0 Å². The van der Waals surface area contributed by atoms with Gasteiger partial charge in [-0.2, -0.15) is 0 Å². The fraction of sp³-hybridized carbons (Fsp3) is 0.474. The number of esters is 1. The number of carbonyl (C=O) groups is 4. The van der Waals surface area contributed by atoms with E-state index < -0.39 is 70.2 Å². The first-order valence-electron chi connectivity index (χ1n) is 16.8. The van der Waals surface area contributed by atoms with Crippen molar-refractivity contribution in [2.75, 3.05) is 18.5 Å². The van der Waals surface area contributed by atoms with Crippen molar-refractivity contribution >= 4 is 29.1 Å². The third-order valence-electron chi connectivity index (χ3n) is 12.3. The van der Waals surface area contributed by atoms with E-state index in [-0.39, 0.29) is 48.3 Å². The van der Waals surface area contributed by atoms with Crippen LogP contribution in [0.25, 0.3) is 0 Å². The molecule has 2 aromatic carbocycles. The number of hydrogen-bond donors (Lipinski definition) is 3. The van der Waals surface area contributed by atoms with Gasteiger partial charge in [0, 0.05) is 16.7 Å². The maximum atomic E-state index is 17.5. The number of Topliss-reactive ketones (excluding diaryl/α,β-unsaturated/α-hetero) is 1. The maximum Gasteiger partial charge on any atom is 0.340 e. The fourth-order valence-electron chi connectivity index (χ4n) is 9.96. The van der Waals surface area contributed by atoms with Gasteiger partial charge in [0.2, 0.25) is 11.7 Å². The minimum Gasteiger partial charge on any atom is -0.454 e. The molecule has 4 aliphatic carbocycles. The fourth-order valence-corrected chi connectivity index (χ4v) is 9.96. The second-order valence-electron chi connectivity index (χ2n) is 14.6. The van der Waals surface area contributed by atoms with E-state index in [2.05, 4.69) is 5.32 Å². The van der Waals surface area contributed by atoms with Crippen LogP contribution in [0.2, 0.25) is 0 Å². The Kier molecular flexibility index (Phi) is 8.04. The van der Waals surface area contributed by atoms with Crippen LogP contribution in [-0.4, -0.2) is 65.2 Å². The highest BCUT2D eigenvalue weighted by atomic mass is 19.1. The smallest absolute Gasteiger partial charge is 0.340 e. The van der Waals surface area contributed by atoms with Crippen molar-refractivity contribution in [3.63, 3.8) is 0 Å². The predicted octanol–water partition coefficient (Wildman–Crippen LogP) is 4.43. The molecule has 0 radical (unpaired) electrons. The van der Waals surface area contributed by atoms with Gasteiger partial charge in [0.05, 0.1) is 30.0 Å². The molecule has 0 bridgehead atoms. The molecule has 1 amide bonds. The highest BCUT2D eigenvalue weighted by molar-refractivity contribution is 6.04. The van der Waals surface area contributed by atoms with Crippen LogP contribution in [0.4, 0.5) is 14.5 Å². The monoisotopic (exact) mass is 674 g/mol. The van der Waals surface area contributed by atoms with Crippen LogP contribution >= 0.6 is 0 Å². The largest absolute Gasteiger partial charge is 0.454 e. The normalized spacial score (nSPS) is 36.2. The van der Waals surface area contributed by atoms with Crippen LogP contribution in [0, 0.1) is 34.4 Å². The molecule has 1 saturated heterocycles. The predicted molar refractivity (Wildman–Crippen MR) is 174 cm³/mol. The highest BCUT2D eigenvalue weighted by Crippen LogP contribution is 2.74. The van der Waals surface area contributed by atoms with Gasteiger partial charge in [-0.3, -0.25) is 14.4 Å². The second kappa shape index (κ2) is 11.8. The molecule has 9 nitrogen and oxygen atoms in total. The third kappa shape index (κ3) is 4.80. The summed E-state index contributed by atoms with van der Waals surface area (Å²) in [6.45, 7) is 3.05. The lowest BCUT2D eigenvalue weighted by molar-refractivity contribution is -0.309. The van der Waals surface area contributed by atoms with Crippen molar-refractivity contribution in [1.29, 1.82) is 0 Å². The van der Waals surface area contributed by atoms with E-state index in [9.17, 15) is 28.7 Å². The molecule has 9 atom stereocenters. The Morgan fingerprint density at radius 1 is 1.16 bits per heavy atom. The number of aliphatic hydroxyl groups is 1. The molecule has 1 aliphatic heterocycles. The van der Waals surface area contributed by atoms with Crippen molar-refractivity contribution in [2.24, 2.45) is 34.3 Å². The first kappa shape index (κ1) is 33.4. The van der Waals surface area contributed by atoms with Gasteiger partial charge in [0.15, 0.2) is 18.1 Å². The SMILES string of the molecule is C[C@@H]1CC2[C@@H]3CCC4=CC(=O)C=C[C@]4(C)[C@@]3(F)[C@@H](O)C[C@@]23CO[C@]13C(=O)COC(=O)c1cc(F)ccc1NC(=O)[C@@H](N)Cc1ccccc1. The summed E-state index contributed by atoms with van der Waals surface area (Å²) in [5, 5.41) is 14.2. The number of alkyl halides is 1. The zero-order valence-electron chi connectivity index (χ0n) is 27.4. The van der Waals surface area contributed by atoms with E-state index in [1.807, 2.05) is 37.3 Å². The molecular formula is C38H40F2N2O7. The summed E-state index contributed by atoms with van der Waals surface area (Å²) in [4.78, 5) is 52.5. The van der Waals surface area contributed by atoms with Gasteiger partial charge in [-0.25, -0.2) is 13.6 Å². The molecule has 1 spiro atoms. The number of ether oxygens (including phenoxy) is 2. The summed E-state index contributed by atoms with van der Waals surface area (Å²) in [7, 11) is 0. The van der Waals surface area contributed by atoms with Gasteiger partial charge in [0.1, 0.15) is 11.4 Å². The van der Waals surface area contributed by atoms with Crippen LogP contribution in [0.1, 0.15) is 55.5 Å². The van der Waals surface area contributed by atoms with Gasteiger partial charge in [-0.05, 0) is 86.8 Å². The topological polar surface area (TPSA) is 145 Å². The Morgan fingerprint density at radius 2 is 1.92 bits per heavy atom. The molecule has 1 heterocycles. The van der Waals surface area contributed by atoms with Crippen molar-refractivity contribution in [2.45, 2.75) is 69.4 Å². The number of aliphatic hydroxyl groups excluding tert-OH is 1. The molecule has 49 heavy (non-hydrogen) atoms. The first-order valence-corrected chi connectivity index (χ1v) is 16.8. The average Bonchev–Trinajstić information content (AvgIpc) is 3.23. The molecule has 1 unspecified atom stereocenters. The van der Waals surface area contributed by atoms with Crippen LogP contribution in [0.15, 0.2) is 72.3 Å². The van der Waals surface area contributed by atoms with Gasteiger partial charge in [-0.1, -0.05) is 48.9 Å². The summed E-state index contributed by atoms with van der Waals surface area (Å²) in [6.07, 6.45) is 4.60. The number of ketones is 2. The van der Waals surface area contributed by atoms with E-state index in [1.165, 1.54) is 18.2 Å². The number of amides is 1. The minimum atomic E-state index is -2.05. The van der Waals surface area contributed by atoms with E-state index in [0.29, 0.717) is 24.8 Å². The first-order chi connectivity index (χ1) is 23.3.